The number of hydrogen-bond donors (Lipinski definition) is 1. The summed E-state index contributed by atoms with van der Waals surface area (Å²) in [6.45, 7) is 8.02. The van der Waals surface area contributed by atoms with Gasteiger partial charge in [-0.05, 0) is 6.92 Å². The minimum absolute atomic E-state index is 0.129. The van der Waals surface area contributed by atoms with Gasteiger partial charge in [0.15, 0.2) is 0 Å². The van der Waals surface area contributed by atoms with E-state index in [0.29, 0.717) is 11.9 Å². The second-order valence-corrected chi connectivity index (χ2v) is 9.59. The van der Waals surface area contributed by atoms with Crippen LogP contribution >= 0.6 is 0 Å². The summed E-state index contributed by atoms with van der Waals surface area (Å²) in [7, 11) is -1.28. The van der Waals surface area contributed by atoms with Crippen molar-refractivity contribution in [2.24, 2.45) is 0 Å². The fraction of sp³-hybridized carbons (Fsp3) is 0.750. The lowest BCUT2D eigenvalue weighted by Crippen LogP contribution is -2.30. The van der Waals surface area contributed by atoms with Crippen molar-refractivity contribution >= 4 is 19.8 Å². The number of carbonyl (C=O) groups excluding carboxylic acids is 1. The molecule has 1 N–H and O–H groups in total. The lowest BCUT2D eigenvalue weighted by Gasteiger charge is -2.15. The Morgan fingerprint density at radius 3 is 2.25 bits per heavy atom. The van der Waals surface area contributed by atoms with E-state index >= 15 is 0 Å². The first-order valence-electron chi connectivity index (χ1n) is 4.01. The van der Waals surface area contributed by atoms with Crippen molar-refractivity contribution in [1.29, 1.82) is 5.41 Å². The zero-order valence-electron chi connectivity index (χ0n) is 8.23. The van der Waals surface area contributed by atoms with Crippen LogP contribution < -0.4 is 0 Å². The standard InChI is InChI=1S/C8H17NO2Si/c1-7(9)5-8(10)11-6-12(2,3)4/h9H,5-6H2,1-4H3. The van der Waals surface area contributed by atoms with Gasteiger partial charge in [-0.25, -0.2) is 0 Å². The van der Waals surface area contributed by atoms with Gasteiger partial charge < -0.3 is 10.1 Å². The quantitative estimate of drug-likeness (QED) is 0.415. The Labute approximate surface area is 74.6 Å². The number of ether oxygens (including phenoxy) is 1. The van der Waals surface area contributed by atoms with E-state index in [2.05, 4.69) is 19.6 Å². The zero-order chi connectivity index (χ0) is 9.78. The zero-order valence-corrected chi connectivity index (χ0v) is 9.23. The van der Waals surface area contributed by atoms with E-state index in [1.165, 1.54) is 0 Å². The van der Waals surface area contributed by atoms with Gasteiger partial charge >= 0.3 is 5.97 Å². The van der Waals surface area contributed by atoms with Crippen LogP contribution in [0.5, 0.6) is 0 Å². The number of hydrogen-bond acceptors (Lipinski definition) is 3. The minimum Gasteiger partial charge on any atom is -0.469 e. The van der Waals surface area contributed by atoms with Gasteiger partial charge in [0.1, 0.15) is 0 Å². The molecule has 0 saturated heterocycles. The molecule has 0 aliphatic rings. The highest BCUT2D eigenvalue weighted by molar-refractivity contribution is 6.76. The molecular weight excluding hydrogens is 170 g/mol. The molecule has 4 heteroatoms. The summed E-state index contributed by atoms with van der Waals surface area (Å²) in [4.78, 5) is 11.0. The molecule has 0 atom stereocenters. The van der Waals surface area contributed by atoms with Crippen LogP contribution in [0.15, 0.2) is 0 Å². The highest BCUT2D eigenvalue weighted by Gasteiger charge is 2.16. The third-order valence-electron chi connectivity index (χ3n) is 1.08. The summed E-state index contributed by atoms with van der Waals surface area (Å²) >= 11 is 0. The van der Waals surface area contributed by atoms with E-state index in [1.807, 2.05) is 0 Å². The highest BCUT2D eigenvalue weighted by atomic mass is 28.3. The van der Waals surface area contributed by atoms with Crippen molar-refractivity contribution in [3.63, 3.8) is 0 Å². The van der Waals surface area contributed by atoms with Crippen LogP contribution in [0, 0.1) is 5.41 Å². The van der Waals surface area contributed by atoms with Crippen molar-refractivity contribution in [3.8, 4) is 0 Å². The molecule has 0 aromatic heterocycles. The van der Waals surface area contributed by atoms with Crippen molar-refractivity contribution in [2.75, 3.05) is 6.23 Å². The van der Waals surface area contributed by atoms with Crippen LogP contribution in [0.2, 0.25) is 19.6 Å². The molecule has 0 aromatic carbocycles. The summed E-state index contributed by atoms with van der Waals surface area (Å²) in [5.74, 6) is -0.273. The maximum atomic E-state index is 11.0. The molecule has 70 valence electrons. The molecule has 0 aromatic rings. The fourth-order valence-electron chi connectivity index (χ4n) is 0.565. The molecule has 12 heavy (non-hydrogen) atoms. The molecule has 0 fully saturated rings. The third-order valence-corrected chi connectivity index (χ3v) is 2.09. The molecular formula is C8H17NO2Si. The summed E-state index contributed by atoms with van der Waals surface area (Å²) in [5.41, 5.74) is 0.357. The molecule has 0 aliphatic carbocycles. The average molecular weight is 187 g/mol. The largest absolute Gasteiger partial charge is 0.469 e. The molecule has 0 unspecified atom stereocenters. The van der Waals surface area contributed by atoms with Crippen molar-refractivity contribution in [2.45, 2.75) is 33.0 Å². The van der Waals surface area contributed by atoms with Crippen LogP contribution in [0.1, 0.15) is 13.3 Å². The molecule has 0 bridgehead atoms. The molecule has 0 amide bonds. The van der Waals surface area contributed by atoms with Crippen LogP contribution in [-0.4, -0.2) is 26.0 Å². The van der Waals surface area contributed by atoms with Crippen LogP contribution in [-0.2, 0) is 9.53 Å². The van der Waals surface area contributed by atoms with E-state index in [9.17, 15) is 4.79 Å². The molecule has 0 saturated carbocycles. The SMILES string of the molecule is CC(=N)CC(=O)OC[Si](C)(C)C. The monoisotopic (exact) mass is 187 g/mol. The van der Waals surface area contributed by atoms with Crippen molar-refractivity contribution in [1.82, 2.24) is 0 Å². The minimum atomic E-state index is -1.28. The van der Waals surface area contributed by atoms with E-state index < -0.39 is 8.07 Å². The Morgan fingerprint density at radius 2 is 1.92 bits per heavy atom. The van der Waals surface area contributed by atoms with Crippen molar-refractivity contribution < 1.29 is 9.53 Å². The number of carbonyl (C=O) groups is 1. The van der Waals surface area contributed by atoms with Crippen molar-refractivity contribution in [3.05, 3.63) is 0 Å². The number of esters is 1. The van der Waals surface area contributed by atoms with Gasteiger partial charge in [0.2, 0.25) is 0 Å². The maximum Gasteiger partial charge on any atom is 0.311 e. The van der Waals surface area contributed by atoms with Gasteiger partial charge in [0.05, 0.1) is 20.7 Å². The van der Waals surface area contributed by atoms with Gasteiger partial charge in [-0.1, -0.05) is 19.6 Å². The smallest absolute Gasteiger partial charge is 0.311 e. The molecule has 0 spiro atoms. The van der Waals surface area contributed by atoms with Gasteiger partial charge in [-0.15, -0.1) is 0 Å². The molecule has 3 nitrogen and oxygen atoms in total. The highest BCUT2D eigenvalue weighted by Crippen LogP contribution is 2.01. The Bertz CT molecular complexity index is 184. The maximum absolute atomic E-state index is 11.0. The van der Waals surface area contributed by atoms with E-state index in [4.69, 9.17) is 10.1 Å². The van der Waals surface area contributed by atoms with Gasteiger partial charge in [-0.3, -0.25) is 4.79 Å². The Hall–Kier alpha value is -0.643. The molecule has 0 rings (SSSR count). The first kappa shape index (κ1) is 11.4. The van der Waals surface area contributed by atoms with Crippen LogP contribution in [0.3, 0.4) is 0 Å². The predicted octanol–water partition coefficient (Wildman–Crippen LogP) is 1.84. The normalized spacial score (nSPS) is 11.0. The predicted molar refractivity (Wildman–Crippen MR) is 52.3 cm³/mol. The first-order valence-corrected chi connectivity index (χ1v) is 7.71. The lowest BCUT2D eigenvalue weighted by atomic mass is 10.3. The number of rotatable bonds is 4. The second-order valence-electron chi connectivity index (χ2n) is 4.18. The topological polar surface area (TPSA) is 50.2 Å². The van der Waals surface area contributed by atoms with Gasteiger partial charge in [-0.2, -0.15) is 0 Å². The Kier molecular flexibility index (Phi) is 4.16. The van der Waals surface area contributed by atoms with E-state index in [1.54, 1.807) is 6.92 Å². The fourth-order valence-corrected chi connectivity index (χ4v) is 1.16. The summed E-state index contributed by atoms with van der Waals surface area (Å²) in [6, 6.07) is 0. The summed E-state index contributed by atoms with van der Waals surface area (Å²) < 4.78 is 5.00. The van der Waals surface area contributed by atoms with E-state index in [0.717, 1.165) is 0 Å². The van der Waals surface area contributed by atoms with Crippen LogP contribution in [0.25, 0.3) is 0 Å². The lowest BCUT2D eigenvalue weighted by molar-refractivity contribution is -0.140. The average Bonchev–Trinajstić information content (AvgIpc) is 1.80. The van der Waals surface area contributed by atoms with E-state index in [-0.39, 0.29) is 12.4 Å². The number of nitrogens with one attached hydrogen (secondary N) is 1. The Balaban J connectivity index is 3.65. The van der Waals surface area contributed by atoms with Gasteiger partial charge in [0, 0.05) is 5.71 Å². The Morgan fingerprint density at radius 1 is 1.42 bits per heavy atom. The second kappa shape index (κ2) is 4.40. The molecule has 0 heterocycles. The van der Waals surface area contributed by atoms with Gasteiger partial charge in [0.25, 0.3) is 0 Å². The first-order chi connectivity index (χ1) is 5.31. The van der Waals surface area contributed by atoms with Crippen LogP contribution in [0.4, 0.5) is 0 Å². The summed E-state index contributed by atoms with van der Waals surface area (Å²) in [5, 5.41) is 7.07. The third kappa shape index (κ3) is 7.46. The molecule has 0 radical (unpaired) electrons. The summed E-state index contributed by atoms with van der Waals surface area (Å²) in [6.07, 6.45) is 0.684. The molecule has 0 aliphatic heterocycles.